The molecule has 0 radical (unpaired) electrons. The van der Waals surface area contributed by atoms with Gasteiger partial charge in [0.15, 0.2) is 0 Å². The maximum atomic E-state index is 9.41. The lowest BCUT2D eigenvalue weighted by atomic mass is 10.1. The molecule has 0 unspecified atom stereocenters. The van der Waals surface area contributed by atoms with E-state index >= 15 is 0 Å². The number of fused-ring (bicyclic) bond motifs is 1. The number of hydrogen-bond donors (Lipinski definition) is 1. The maximum Gasteiger partial charge on any atom is 0.293 e. The summed E-state index contributed by atoms with van der Waals surface area (Å²) in [5.41, 5.74) is 3.07. The van der Waals surface area contributed by atoms with Gasteiger partial charge in [0.25, 0.3) is 5.82 Å². The second-order valence-corrected chi connectivity index (χ2v) is 5.68. The first-order valence-corrected chi connectivity index (χ1v) is 7.10. The third kappa shape index (κ3) is 2.33. The highest BCUT2D eigenvalue weighted by molar-refractivity contribution is 5.79. The minimum absolute atomic E-state index is 0.737. The molecule has 1 fully saturated rings. The standard InChI is InChI=1S/C16H18N4/c1-12-3-4-13-10-14(11-17)16(18-15(13)9-12)20-7-5-19(2)6-8-20/h3-4,9-10H,5-8H2,1-2H3/p+2. The number of aromatic nitrogens is 1. The van der Waals surface area contributed by atoms with Gasteiger partial charge in [-0.1, -0.05) is 12.1 Å². The molecule has 0 bridgehead atoms. The second-order valence-electron chi connectivity index (χ2n) is 5.68. The van der Waals surface area contributed by atoms with Crippen LogP contribution in [-0.4, -0.2) is 33.2 Å². The first-order chi connectivity index (χ1) is 9.67. The SMILES string of the molecule is Cc1ccc2cc(C#N)c(N3CC[NH+](C)CC3)[nH+]c2c1. The second kappa shape index (κ2) is 5.10. The number of nitriles is 1. The van der Waals surface area contributed by atoms with Gasteiger partial charge in [-0.25, -0.2) is 9.88 Å². The molecule has 0 spiro atoms. The maximum absolute atomic E-state index is 9.41. The van der Waals surface area contributed by atoms with E-state index < -0.39 is 0 Å². The van der Waals surface area contributed by atoms with Gasteiger partial charge in [0.2, 0.25) is 0 Å². The van der Waals surface area contributed by atoms with E-state index in [1.54, 1.807) is 4.90 Å². The van der Waals surface area contributed by atoms with E-state index in [4.69, 9.17) is 0 Å². The molecule has 4 nitrogen and oxygen atoms in total. The number of anilines is 1. The van der Waals surface area contributed by atoms with Gasteiger partial charge in [0.1, 0.15) is 43.3 Å². The summed E-state index contributed by atoms with van der Waals surface area (Å²) in [5, 5.41) is 10.5. The fourth-order valence-electron chi connectivity index (χ4n) is 2.77. The fourth-order valence-corrected chi connectivity index (χ4v) is 2.77. The molecule has 102 valence electrons. The van der Waals surface area contributed by atoms with E-state index in [9.17, 15) is 5.26 Å². The van der Waals surface area contributed by atoms with Crippen molar-refractivity contribution in [2.45, 2.75) is 6.92 Å². The Morgan fingerprint density at radius 1 is 1.25 bits per heavy atom. The van der Waals surface area contributed by atoms with Gasteiger partial charge >= 0.3 is 0 Å². The lowest BCUT2D eigenvalue weighted by Crippen LogP contribution is -3.12. The molecule has 0 saturated carbocycles. The predicted octanol–water partition coefficient (Wildman–Crippen LogP) is 0.169. The van der Waals surface area contributed by atoms with Gasteiger partial charge in [0.05, 0.1) is 7.05 Å². The number of aryl methyl sites for hydroxylation is 1. The van der Waals surface area contributed by atoms with Crippen molar-refractivity contribution in [3.05, 3.63) is 35.4 Å². The van der Waals surface area contributed by atoms with Crippen molar-refractivity contribution in [1.29, 1.82) is 5.26 Å². The molecule has 3 rings (SSSR count). The van der Waals surface area contributed by atoms with Crippen LogP contribution in [0.1, 0.15) is 11.1 Å². The van der Waals surface area contributed by atoms with E-state index in [0.29, 0.717) is 0 Å². The minimum Gasteiger partial charge on any atom is -0.331 e. The van der Waals surface area contributed by atoms with Crippen molar-refractivity contribution < 1.29 is 9.88 Å². The summed E-state index contributed by atoms with van der Waals surface area (Å²) < 4.78 is 0. The number of nitrogens with one attached hydrogen (secondary N) is 2. The normalized spacial score (nSPS) is 16.4. The number of nitrogens with zero attached hydrogens (tertiary/aromatic N) is 2. The highest BCUT2D eigenvalue weighted by Crippen LogP contribution is 2.20. The Kier molecular flexibility index (Phi) is 3.29. The predicted molar refractivity (Wildman–Crippen MR) is 78.8 cm³/mol. The number of aromatic amines is 1. The zero-order valence-corrected chi connectivity index (χ0v) is 12.0. The Labute approximate surface area is 119 Å². The van der Waals surface area contributed by atoms with Gasteiger partial charge < -0.3 is 4.90 Å². The smallest absolute Gasteiger partial charge is 0.293 e. The Morgan fingerprint density at radius 2 is 2.00 bits per heavy atom. The van der Waals surface area contributed by atoms with E-state index in [1.165, 1.54) is 5.56 Å². The molecule has 2 heterocycles. The number of H-pyrrole nitrogens is 1. The van der Waals surface area contributed by atoms with Crippen LogP contribution in [0.25, 0.3) is 10.9 Å². The molecule has 1 aliphatic heterocycles. The molecule has 2 N–H and O–H groups in total. The van der Waals surface area contributed by atoms with Crippen molar-refractivity contribution in [3.63, 3.8) is 0 Å². The van der Waals surface area contributed by atoms with Crippen molar-refractivity contribution >= 4 is 16.7 Å². The molecule has 1 aliphatic rings. The number of hydrogen-bond acceptors (Lipinski definition) is 2. The molecule has 0 atom stereocenters. The van der Waals surface area contributed by atoms with Crippen LogP contribution in [0.5, 0.6) is 0 Å². The molecule has 1 saturated heterocycles. The van der Waals surface area contributed by atoms with Crippen LogP contribution in [0, 0.1) is 18.3 Å². The van der Waals surface area contributed by atoms with E-state index in [1.807, 2.05) is 6.07 Å². The third-order valence-electron chi connectivity index (χ3n) is 4.07. The van der Waals surface area contributed by atoms with Crippen LogP contribution in [0.4, 0.5) is 5.82 Å². The molecule has 1 aromatic carbocycles. The molecule has 0 aliphatic carbocycles. The topological polar surface area (TPSA) is 45.6 Å². The average molecular weight is 268 g/mol. The molecule has 2 aromatic rings. The number of benzene rings is 1. The Morgan fingerprint density at radius 3 is 2.70 bits per heavy atom. The van der Waals surface area contributed by atoms with Gasteiger partial charge in [0, 0.05) is 5.39 Å². The lowest BCUT2D eigenvalue weighted by Gasteiger charge is -2.26. The number of pyridine rings is 1. The van der Waals surface area contributed by atoms with Crippen LogP contribution >= 0.6 is 0 Å². The molecular weight excluding hydrogens is 248 g/mol. The Hall–Kier alpha value is -2.12. The monoisotopic (exact) mass is 268 g/mol. The molecular formula is C16H20N4+2. The summed E-state index contributed by atoms with van der Waals surface area (Å²) in [5.74, 6) is 0.970. The fraction of sp³-hybridized carbons (Fsp3) is 0.375. The average Bonchev–Trinajstić information content (AvgIpc) is 2.46. The largest absolute Gasteiger partial charge is 0.331 e. The third-order valence-corrected chi connectivity index (χ3v) is 4.07. The van der Waals surface area contributed by atoms with Gasteiger partial charge in [-0.15, -0.1) is 0 Å². The highest BCUT2D eigenvalue weighted by atomic mass is 15.3. The van der Waals surface area contributed by atoms with Crippen molar-refractivity contribution in [2.75, 3.05) is 38.1 Å². The van der Waals surface area contributed by atoms with Crippen LogP contribution in [-0.2, 0) is 0 Å². The van der Waals surface area contributed by atoms with Crippen LogP contribution in [0.2, 0.25) is 0 Å². The molecule has 20 heavy (non-hydrogen) atoms. The molecule has 4 heteroatoms. The molecule has 0 amide bonds. The Balaban J connectivity index is 2.06. The van der Waals surface area contributed by atoms with Crippen LogP contribution < -0.4 is 14.8 Å². The number of rotatable bonds is 1. The van der Waals surface area contributed by atoms with Crippen molar-refractivity contribution in [1.82, 2.24) is 0 Å². The van der Waals surface area contributed by atoms with E-state index in [2.05, 4.69) is 48.1 Å². The Bertz CT molecular complexity index is 679. The zero-order valence-electron chi connectivity index (χ0n) is 12.0. The van der Waals surface area contributed by atoms with Gasteiger partial charge in [-0.05, 0) is 24.6 Å². The summed E-state index contributed by atoms with van der Waals surface area (Å²) >= 11 is 0. The van der Waals surface area contributed by atoms with Gasteiger partial charge in [-0.3, -0.25) is 0 Å². The summed E-state index contributed by atoms with van der Waals surface area (Å²) in [4.78, 5) is 7.32. The minimum atomic E-state index is 0.737. The van der Waals surface area contributed by atoms with E-state index in [0.717, 1.165) is 48.5 Å². The number of piperazine rings is 1. The number of quaternary nitrogens is 1. The first kappa shape index (κ1) is 12.9. The van der Waals surface area contributed by atoms with Crippen molar-refractivity contribution in [3.8, 4) is 6.07 Å². The van der Waals surface area contributed by atoms with Gasteiger partial charge in [-0.2, -0.15) is 5.26 Å². The zero-order chi connectivity index (χ0) is 14.1. The number of likely N-dealkylation sites (N-methyl/N-ethyl adjacent to an activating group) is 1. The summed E-state index contributed by atoms with van der Waals surface area (Å²) in [6.45, 7) is 6.31. The molecule has 1 aromatic heterocycles. The van der Waals surface area contributed by atoms with Crippen molar-refractivity contribution in [2.24, 2.45) is 0 Å². The highest BCUT2D eigenvalue weighted by Gasteiger charge is 2.27. The quantitative estimate of drug-likeness (QED) is 0.801. The van der Waals surface area contributed by atoms with Crippen LogP contribution in [0.3, 0.4) is 0 Å². The van der Waals surface area contributed by atoms with Crippen LogP contribution in [0.15, 0.2) is 24.3 Å². The first-order valence-electron chi connectivity index (χ1n) is 7.10. The lowest BCUT2D eigenvalue weighted by molar-refractivity contribution is -0.880. The summed E-state index contributed by atoms with van der Waals surface area (Å²) in [7, 11) is 2.22. The summed E-state index contributed by atoms with van der Waals surface area (Å²) in [6.07, 6.45) is 0. The van der Waals surface area contributed by atoms with E-state index in [-0.39, 0.29) is 0 Å². The summed E-state index contributed by atoms with van der Waals surface area (Å²) in [6, 6.07) is 10.6.